The number of methoxy groups -OCH3 is 1. The molecule has 5 rings (SSSR count). The van der Waals surface area contributed by atoms with Crippen LogP contribution >= 0.6 is 11.6 Å². The number of rotatable bonds is 8. The Morgan fingerprint density at radius 1 is 1.23 bits per heavy atom. The molecule has 4 amide bonds. The van der Waals surface area contributed by atoms with Crippen LogP contribution in [0, 0.1) is 29.1 Å². The number of aromatic nitrogens is 2. The predicted octanol–water partition coefficient (Wildman–Crippen LogP) is 2.97. The molecule has 1 atom stereocenters. The van der Waals surface area contributed by atoms with E-state index < -0.39 is 23.4 Å². The average molecular weight is 670 g/mol. The first-order chi connectivity index (χ1) is 22.9. The molecule has 0 aliphatic carbocycles. The van der Waals surface area contributed by atoms with Crippen molar-refractivity contribution in [2.45, 2.75) is 38.3 Å². The van der Waals surface area contributed by atoms with Gasteiger partial charge in [-0.05, 0) is 50.6 Å². The fourth-order valence-corrected chi connectivity index (χ4v) is 5.71. The van der Waals surface area contributed by atoms with Crippen molar-refractivity contribution < 1.29 is 28.7 Å². The van der Waals surface area contributed by atoms with Gasteiger partial charge in [-0.2, -0.15) is 10.4 Å². The van der Waals surface area contributed by atoms with Crippen molar-refractivity contribution in [1.29, 1.82) is 5.26 Å². The summed E-state index contributed by atoms with van der Waals surface area (Å²) in [6.07, 6.45) is 4.20. The molecule has 14 heteroatoms. The van der Waals surface area contributed by atoms with Gasteiger partial charge in [0, 0.05) is 49.7 Å². The lowest BCUT2D eigenvalue weighted by Crippen LogP contribution is -2.53. The number of benzene rings is 2. The highest BCUT2D eigenvalue weighted by molar-refractivity contribution is 6.32. The van der Waals surface area contributed by atoms with Crippen molar-refractivity contribution in [2.24, 2.45) is 5.92 Å². The zero-order valence-electron chi connectivity index (χ0n) is 26.7. The summed E-state index contributed by atoms with van der Waals surface area (Å²) < 4.78 is 6.67. The van der Waals surface area contributed by atoms with E-state index in [9.17, 15) is 29.2 Å². The normalized spacial score (nSPS) is 16.1. The van der Waals surface area contributed by atoms with Crippen LogP contribution in [0.5, 0.6) is 5.75 Å². The second kappa shape index (κ2) is 13.6. The minimum atomic E-state index is -1.11. The summed E-state index contributed by atoms with van der Waals surface area (Å²) in [4.78, 5) is 65.4. The van der Waals surface area contributed by atoms with Crippen molar-refractivity contribution in [3.8, 4) is 23.7 Å². The van der Waals surface area contributed by atoms with Gasteiger partial charge in [-0.3, -0.25) is 34.0 Å². The molecule has 0 spiro atoms. The average Bonchev–Trinajstić information content (AvgIpc) is 3.53. The van der Waals surface area contributed by atoms with Crippen LogP contribution in [0.1, 0.15) is 58.5 Å². The quantitative estimate of drug-likeness (QED) is 0.208. The van der Waals surface area contributed by atoms with Gasteiger partial charge in [-0.1, -0.05) is 23.4 Å². The first-order valence-electron chi connectivity index (χ1n) is 15.0. The molecule has 3 heterocycles. The second-order valence-corrected chi connectivity index (χ2v) is 12.4. The molecule has 2 saturated heterocycles. The molecule has 2 aromatic carbocycles. The van der Waals surface area contributed by atoms with E-state index in [-0.39, 0.29) is 58.0 Å². The van der Waals surface area contributed by atoms with Crippen LogP contribution in [0.15, 0.2) is 42.7 Å². The molecular weight excluding hydrogens is 638 g/mol. The molecule has 1 unspecified atom stereocenters. The smallest absolute Gasteiger partial charge is 0.255 e. The zero-order chi connectivity index (χ0) is 34.7. The minimum absolute atomic E-state index is 0.0230. The fourth-order valence-electron chi connectivity index (χ4n) is 5.42. The first-order valence-corrected chi connectivity index (χ1v) is 15.3. The van der Waals surface area contributed by atoms with Gasteiger partial charge in [0.2, 0.25) is 11.8 Å². The lowest BCUT2D eigenvalue weighted by Gasteiger charge is -2.38. The number of amides is 4. The van der Waals surface area contributed by atoms with Gasteiger partial charge >= 0.3 is 0 Å². The molecular formula is C34H32ClN7O6. The molecule has 1 aromatic heterocycles. The summed E-state index contributed by atoms with van der Waals surface area (Å²) in [6, 6.07) is 9.15. The van der Waals surface area contributed by atoms with E-state index in [1.54, 1.807) is 44.4 Å². The van der Waals surface area contributed by atoms with Gasteiger partial charge < -0.3 is 19.9 Å². The number of imide groups is 1. The summed E-state index contributed by atoms with van der Waals surface area (Å²) in [5.41, 5.74) is 1.15. The van der Waals surface area contributed by atoms with Gasteiger partial charge in [0.15, 0.2) is 12.0 Å². The van der Waals surface area contributed by atoms with Crippen molar-refractivity contribution >= 4 is 52.9 Å². The highest BCUT2D eigenvalue weighted by Gasteiger charge is 2.34. The topological polar surface area (TPSA) is 167 Å². The second-order valence-electron chi connectivity index (χ2n) is 12.0. The van der Waals surface area contributed by atoms with E-state index in [4.69, 9.17) is 16.3 Å². The summed E-state index contributed by atoms with van der Waals surface area (Å²) in [6.45, 7) is 4.57. The molecule has 2 aliphatic heterocycles. The van der Waals surface area contributed by atoms with Crippen LogP contribution in [0.4, 0.5) is 11.4 Å². The van der Waals surface area contributed by atoms with Crippen LogP contribution in [0.3, 0.4) is 0 Å². The van der Waals surface area contributed by atoms with Gasteiger partial charge in [0.25, 0.3) is 11.8 Å². The lowest BCUT2D eigenvalue weighted by molar-refractivity contribution is -0.136. The SMILES string of the molecule is COc1c(Cl)cc(NC(=O)C(C)(C)n2cc(C#CC3CN(c4ccc(C=O)c(C(=O)N(C)C5CCC(=O)NC5=O)c4)C3)cn2)cc1C#N. The summed E-state index contributed by atoms with van der Waals surface area (Å²) >= 11 is 6.22. The zero-order valence-corrected chi connectivity index (χ0v) is 27.4. The third kappa shape index (κ3) is 6.73. The Morgan fingerprint density at radius 3 is 2.65 bits per heavy atom. The Balaban J connectivity index is 1.22. The van der Waals surface area contributed by atoms with E-state index in [1.165, 1.54) is 35.9 Å². The van der Waals surface area contributed by atoms with Gasteiger partial charge in [-0.15, -0.1) is 0 Å². The highest BCUT2D eigenvalue weighted by Crippen LogP contribution is 2.33. The Morgan fingerprint density at radius 2 is 1.98 bits per heavy atom. The van der Waals surface area contributed by atoms with Crippen molar-refractivity contribution in [2.75, 3.05) is 37.5 Å². The van der Waals surface area contributed by atoms with Crippen molar-refractivity contribution in [3.63, 3.8) is 0 Å². The molecule has 246 valence electrons. The molecule has 48 heavy (non-hydrogen) atoms. The molecule has 2 N–H and O–H groups in total. The fraction of sp³-hybridized carbons (Fsp3) is 0.324. The lowest BCUT2D eigenvalue weighted by atomic mass is 9.97. The monoisotopic (exact) mass is 669 g/mol. The number of anilines is 2. The molecule has 0 bridgehead atoms. The maximum atomic E-state index is 13.3. The minimum Gasteiger partial charge on any atom is -0.494 e. The van der Waals surface area contributed by atoms with E-state index in [1.807, 2.05) is 11.0 Å². The maximum absolute atomic E-state index is 13.3. The van der Waals surface area contributed by atoms with Crippen LogP contribution in [-0.2, 0) is 19.9 Å². The van der Waals surface area contributed by atoms with E-state index in [0.717, 1.165) is 5.69 Å². The number of nitriles is 1. The van der Waals surface area contributed by atoms with Crippen LogP contribution < -0.4 is 20.3 Å². The number of halogens is 1. The molecule has 0 radical (unpaired) electrons. The molecule has 2 fully saturated rings. The summed E-state index contributed by atoms with van der Waals surface area (Å²) in [5.74, 6) is 4.80. The number of carbonyl (C=O) groups excluding carboxylic acids is 5. The van der Waals surface area contributed by atoms with Crippen LogP contribution in [0.2, 0.25) is 5.02 Å². The molecule has 0 saturated carbocycles. The van der Waals surface area contributed by atoms with E-state index in [2.05, 4.69) is 27.6 Å². The number of carbonyl (C=O) groups is 5. The Labute approximate surface area is 281 Å². The Hall–Kier alpha value is -5.66. The predicted molar refractivity (Wildman–Crippen MR) is 176 cm³/mol. The third-order valence-electron chi connectivity index (χ3n) is 8.40. The highest BCUT2D eigenvalue weighted by atomic mass is 35.5. The number of nitrogens with zero attached hydrogens (tertiary/aromatic N) is 5. The standard InChI is InChI=1S/C34H32ClN7O6/c1-34(2,33(47)38-24-11-23(14-36)30(48-4)27(35)12-24)42-18-20(15-37-42)5-6-21-16-41(17-21)25-8-7-22(19-43)26(13-25)32(46)40(3)28-9-10-29(44)39-31(28)45/h7-8,11-13,15,18-19,21,28H,9-10,16-17H2,1-4H3,(H,38,47)(H,39,44,45). The number of ether oxygens (including phenoxy) is 1. The van der Waals surface area contributed by atoms with Crippen molar-refractivity contribution in [1.82, 2.24) is 20.0 Å². The largest absolute Gasteiger partial charge is 0.494 e. The van der Waals surface area contributed by atoms with E-state index >= 15 is 0 Å². The molecule has 3 aromatic rings. The summed E-state index contributed by atoms with van der Waals surface area (Å²) in [7, 11) is 2.89. The van der Waals surface area contributed by atoms with Crippen molar-refractivity contribution in [3.05, 3.63) is 70.0 Å². The number of hydrogen-bond acceptors (Lipinski definition) is 9. The molecule has 2 aliphatic rings. The first kappa shape index (κ1) is 33.7. The number of piperidine rings is 1. The Bertz CT molecular complexity index is 1930. The number of aldehydes is 1. The number of likely N-dealkylation sites (N-methyl/N-ethyl adjacent to an activating group) is 1. The third-order valence-corrected chi connectivity index (χ3v) is 8.68. The van der Waals surface area contributed by atoms with E-state index in [0.29, 0.717) is 30.6 Å². The van der Waals surface area contributed by atoms with Crippen LogP contribution in [-0.4, -0.2) is 77.9 Å². The Kier molecular flexibility index (Phi) is 9.55. The maximum Gasteiger partial charge on any atom is 0.255 e. The van der Waals surface area contributed by atoms with Gasteiger partial charge in [0.05, 0.1) is 40.9 Å². The van der Waals surface area contributed by atoms with Gasteiger partial charge in [-0.25, -0.2) is 0 Å². The van der Waals surface area contributed by atoms with Crippen LogP contribution in [0.25, 0.3) is 0 Å². The molecule has 13 nitrogen and oxygen atoms in total. The van der Waals surface area contributed by atoms with Gasteiger partial charge in [0.1, 0.15) is 17.6 Å². The number of nitrogens with one attached hydrogen (secondary N) is 2. The number of hydrogen-bond donors (Lipinski definition) is 2. The summed E-state index contributed by atoms with van der Waals surface area (Å²) in [5, 5.41) is 19.0.